The summed E-state index contributed by atoms with van der Waals surface area (Å²) < 4.78 is 18.4. The number of halogens is 1. The van der Waals surface area contributed by atoms with Crippen molar-refractivity contribution in [3.63, 3.8) is 0 Å². The van der Waals surface area contributed by atoms with Crippen LogP contribution in [0.25, 0.3) is 0 Å². The van der Waals surface area contributed by atoms with Gasteiger partial charge in [-0.2, -0.15) is 0 Å². The van der Waals surface area contributed by atoms with Crippen molar-refractivity contribution in [2.24, 2.45) is 5.92 Å². The Morgan fingerprint density at radius 2 is 2.00 bits per heavy atom. The van der Waals surface area contributed by atoms with E-state index in [0.29, 0.717) is 12.5 Å². The molecular weight excluding hydrogens is 309 g/mol. The van der Waals surface area contributed by atoms with E-state index in [0.717, 1.165) is 51.5 Å². The molecular formula is C18H26FN3O2. The first-order chi connectivity index (χ1) is 11.6. The van der Waals surface area contributed by atoms with Crippen LogP contribution in [-0.4, -0.2) is 62.8 Å². The highest BCUT2D eigenvalue weighted by Gasteiger charge is 2.26. The average molecular weight is 335 g/mol. The van der Waals surface area contributed by atoms with E-state index in [1.165, 1.54) is 12.1 Å². The van der Waals surface area contributed by atoms with Crippen molar-refractivity contribution in [1.29, 1.82) is 0 Å². The molecule has 2 heterocycles. The van der Waals surface area contributed by atoms with Gasteiger partial charge in [-0.05, 0) is 37.6 Å². The van der Waals surface area contributed by atoms with Crippen molar-refractivity contribution in [1.82, 2.24) is 10.2 Å². The lowest BCUT2D eigenvalue weighted by Crippen LogP contribution is -2.54. The van der Waals surface area contributed by atoms with Gasteiger partial charge in [0.15, 0.2) is 0 Å². The number of benzene rings is 1. The second kappa shape index (κ2) is 7.94. The molecule has 0 radical (unpaired) electrons. The largest absolute Gasteiger partial charge is 0.381 e. The van der Waals surface area contributed by atoms with E-state index in [-0.39, 0.29) is 17.8 Å². The zero-order chi connectivity index (χ0) is 16.9. The molecule has 1 aromatic rings. The molecule has 2 aliphatic rings. The van der Waals surface area contributed by atoms with Crippen molar-refractivity contribution in [3.8, 4) is 0 Å². The van der Waals surface area contributed by atoms with Crippen LogP contribution in [0, 0.1) is 11.7 Å². The first-order valence-corrected chi connectivity index (χ1v) is 8.73. The highest BCUT2D eigenvalue weighted by atomic mass is 19.1. The fraction of sp³-hybridized carbons (Fsp3) is 0.611. The third-order valence-electron chi connectivity index (χ3n) is 5.02. The van der Waals surface area contributed by atoms with E-state index in [1.807, 2.05) is 19.1 Å². The molecule has 0 bridgehead atoms. The molecule has 2 aliphatic heterocycles. The number of nitrogens with one attached hydrogen (secondary N) is 1. The van der Waals surface area contributed by atoms with Crippen LogP contribution in [0.4, 0.5) is 10.1 Å². The van der Waals surface area contributed by atoms with Crippen molar-refractivity contribution in [2.45, 2.75) is 19.4 Å². The summed E-state index contributed by atoms with van der Waals surface area (Å²) in [7, 11) is 0. The number of rotatable bonds is 5. The number of carbonyl (C=O) groups is 1. The Bertz CT molecular complexity index is 538. The molecule has 2 atom stereocenters. The number of piperazine rings is 1. The quantitative estimate of drug-likeness (QED) is 0.885. The van der Waals surface area contributed by atoms with Crippen molar-refractivity contribution >= 4 is 11.6 Å². The normalized spacial score (nSPS) is 23.2. The fourth-order valence-corrected chi connectivity index (χ4v) is 3.32. The summed E-state index contributed by atoms with van der Waals surface area (Å²) in [5.41, 5.74) is 1.04. The monoisotopic (exact) mass is 335 g/mol. The van der Waals surface area contributed by atoms with Crippen LogP contribution in [0.2, 0.25) is 0 Å². The van der Waals surface area contributed by atoms with Gasteiger partial charge in [-0.1, -0.05) is 0 Å². The molecule has 0 spiro atoms. The highest BCUT2D eigenvalue weighted by Crippen LogP contribution is 2.18. The summed E-state index contributed by atoms with van der Waals surface area (Å²) in [5, 5.41) is 3.05. The van der Waals surface area contributed by atoms with E-state index < -0.39 is 0 Å². The van der Waals surface area contributed by atoms with E-state index in [2.05, 4.69) is 15.1 Å². The smallest absolute Gasteiger partial charge is 0.237 e. The van der Waals surface area contributed by atoms with E-state index in [1.54, 1.807) is 0 Å². The molecule has 24 heavy (non-hydrogen) atoms. The minimum atomic E-state index is -0.213. The van der Waals surface area contributed by atoms with Crippen molar-refractivity contribution in [3.05, 3.63) is 30.1 Å². The number of amides is 1. The Morgan fingerprint density at radius 1 is 1.29 bits per heavy atom. The van der Waals surface area contributed by atoms with Gasteiger partial charge in [0.25, 0.3) is 0 Å². The van der Waals surface area contributed by atoms with Crippen LogP contribution in [-0.2, 0) is 9.53 Å². The third-order valence-corrected chi connectivity index (χ3v) is 5.02. The highest BCUT2D eigenvalue weighted by molar-refractivity contribution is 5.81. The van der Waals surface area contributed by atoms with Gasteiger partial charge in [-0.15, -0.1) is 0 Å². The molecule has 6 heteroatoms. The summed E-state index contributed by atoms with van der Waals surface area (Å²) in [6, 6.07) is 6.48. The molecule has 5 nitrogen and oxygen atoms in total. The third kappa shape index (κ3) is 4.24. The van der Waals surface area contributed by atoms with Crippen LogP contribution in [0.3, 0.4) is 0 Å². The first kappa shape index (κ1) is 17.2. The Labute approximate surface area is 142 Å². The molecule has 1 N–H and O–H groups in total. The van der Waals surface area contributed by atoms with Gasteiger partial charge in [-0.3, -0.25) is 9.69 Å². The lowest BCUT2D eigenvalue weighted by molar-refractivity contribution is -0.126. The summed E-state index contributed by atoms with van der Waals surface area (Å²) in [6.45, 7) is 7.59. The molecule has 0 aliphatic carbocycles. The van der Waals surface area contributed by atoms with Crippen molar-refractivity contribution in [2.75, 3.05) is 50.8 Å². The molecule has 132 valence electrons. The predicted octanol–water partition coefficient (Wildman–Crippen LogP) is 1.49. The maximum atomic E-state index is 13.0. The zero-order valence-corrected chi connectivity index (χ0v) is 14.2. The van der Waals surface area contributed by atoms with Crippen LogP contribution in [0.15, 0.2) is 24.3 Å². The Morgan fingerprint density at radius 3 is 2.62 bits per heavy atom. The molecule has 2 fully saturated rings. The van der Waals surface area contributed by atoms with Gasteiger partial charge >= 0.3 is 0 Å². The van der Waals surface area contributed by atoms with Gasteiger partial charge in [-0.25, -0.2) is 4.39 Å². The number of anilines is 1. The van der Waals surface area contributed by atoms with Gasteiger partial charge in [0.05, 0.1) is 12.6 Å². The topological polar surface area (TPSA) is 44.8 Å². The van der Waals surface area contributed by atoms with Crippen LogP contribution >= 0.6 is 0 Å². The minimum absolute atomic E-state index is 0.0946. The molecule has 0 aromatic heterocycles. The van der Waals surface area contributed by atoms with Gasteiger partial charge in [0, 0.05) is 50.9 Å². The number of carbonyl (C=O) groups excluding carboxylic acids is 1. The first-order valence-electron chi connectivity index (χ1n) is 8.73. The number of hydrogen-bond acceptors (Lipinski definition) is 4. The lowest BCUT2D eigenvalue weighted by Gasteiger charge is -2.38. The Kier molecular flexibility index (Phi) is 5.68. The van der Waals surface area contributed by atoms with Gasteiger partial charge in [0.1, 0.15) is 5.82 Å². The van der Waals surface area contributed by atoms with Gasteiger partial charge < -0.3 is 15.0 Å². The average Bonchev–Trinajstić information content (AvgIpc) is 3.13. The van der Waals surface area contributed by atoms with E-state index >= 15 is 0 Å². The summed E-state index contributed by atoms with van der Waals surface area (Å²) >= 11 is 0. The zero-order valence-electron chi connectivity index (χ0n) is 14.2. The standard InChI is InChI=1S/C18H26FN3O2/c1-14(18(23)20-12-15-6-11-24-13-15)21-7-9-22(10-8-21)17-4-2-16(19)3-5-17/h2-5,14-15H,6-13H2,1H3,(H,20,23). The number of ether oxygens (including phenoxy) is 1. The van der Waals surface area contributed by atoms with Crippen LogP contribution in [0.5, 0.6) is 0 Å². The van der Waals surface area contributed by atoms with E-state index in [9.17, 15) is 9.18 Å². The molecule has 0 saturated carbocycles. The van der Waals surface area contributed by atoms with Gasteiger partial charge in [0.2, 0.25) is 5.91 Å². The number of nitrogens with zero attached hydrogens (tertiary/aromatic N) is 2. The minimum Gasteiger partial charge on any atom is -0.381 e. The molecule has 2 unspecified atom stereocenters. The van der Waals surface area contributed by atoms with E-state index in [4.69, 9.17) is 4.74 Å². The fourth-order valence-electron chi connectivity index (χ4n) is 3.32. The maximum absolute atomic E-state index is 13.0. The summed E-state index contributed by atoms with van der Waals surface area (Å²) in [4.78, 5) is 16.8. The molecule has 3 rings (SSSR count). The van der Waals surface area contributed by atoms with Crippen LogP contribution < -0.4 is 10.2 Å². The number of hydrogen-bond donors (Lipinski definition) is 1. The molecule has 1 amide bonds. The summed E-state index contributed by atoms with van der Waals surface area (Å²) in [6.07, 6.45) is 1.03. The maximum Gasteiger partial charge on any atom is 0.237 e. The predicted molar refractivity (Wildman–Crippen MR) is 91.6 cm³/mol. The molecule has 2 saturated heterocycles. The second-order valence-corrected chi connectivity index (χ2v) is 6.65. The van der Waals surface area contributed by atoms with Crippen LogP contribution in [0.1, 0.15) is 13.3 Å². The van der Waals surface area contributed by atoms with Crippen molar-refractivity contribution < 1.29 is 13.9 Å². The molecule has 1 aromatic carbocycles. The Balaban J connectivity index is 1.44. The lowest BCUT2D eigenvalue weighted by atomic mass is 10.1. The second-order valence-electron chi connectivity index (χ2n) is 6.65. The Hall–Kier alpha value is -1.66. The summed E-state index contributed by atoms with van der Waals surface area (Å²) in [5.74, 6) is 0.337. The SMILES string of the molecule is CC(C(=O)NCC1CCOC1)N1CCN(c2ccc(F)cc2)CC1.